The number of aliphatic hydroxyl groups excluding tert-OH is 1. The van der Waals surface area contributed by atoms with Gasteiger partial charge in [-0.15, -0.1) is 0 Å². The molecule has 1 aliphatic rings. The molecule has 38 heavy (non-hydrogen) atoms. The summed E-state index contributed by atoms with van der Waals surface area (Å²) in [5.41, 5.74) is 2.97. The summed E-state index contributed by atoms with van der Waals surface area (Å²) in [5, 5.41) is 26.6. The minimum absolute atomic E-state index is 0.0193. The van der Waals surface area contributed by atoms with E-state index in [4.69, 9.17) is 24.4 Å². The number of carboxylic acids is 1. The number of carboxylic acid groups (broad SMARTS) is 1. The number of benzene rings is 2. The van der Waals surface area contributed by atoms with E-state index in [1.807, 2.05) is 18.2 Å². The Morgan fingerprint density at radius 1 is 1.08 bits per heavy atom. The van der Waals surface area contributed by atoms with Crippen LogP contribution in [0.2, 0.25) is 0 Å². The van der Waals surface area contributed by atoms with E-state index in [9.17, 15) is 18.8 Å². The molecule has 0 saturated carbocycles. The van der Waals surface area contributed by atoms with Crippen molar-refractivity contribution in [3.63, 3.8) is 0 Å². The molecule has 206 valence electrons. The highest BCUT2D eigenvalue weighted by Gasteiger charge is 2.26. The van der Waals surface area contributed by atoms with Gasteiger partial charge in [-0.05, 0) is 47.4 Å². The first-order valence-corrected chi connectivity index (χ1v) is 12.2. The molecule has 2 amide bonds. The predicted molar refractivity (Wildman–Crippen MR) is 134 cm³/mol. The number of carbonyl (C=O) groups is 3. The van der Waals surface area contributed by atoms with Gasteiger partial charge >= 0.3 is 5.97 Å². The number of halogens is 1. The quantitative estimate of drug-likeness (QED) is 0.121. The lowest BCUT2D eigenvalue weighted by molar-refractivity contribution is -0.137. The third kappa shape index (κ3) is 9.38. The molecule has 2 aromatic rings. The van der Waals surface area contributed by atoms with E-state index in [2.05, 4.69) is 16.0 Å². The number of anilines is 1. The fourth-order valence-electron chi connectivity index (χ4n) is 3.84. The number of ether oxygens (including phenoxy) is 3. The van der Waals surface area contributed by atoms with Crippen molar-refractivity contribution < 1.29 is 43.2 Å². The minimum atomic E-state index is -1.01. The smallest absolute Gasteiger partial charge is 0.307 e. The number of nitrogens with one attached hydrogen (secondary N) is 3. The number of imide groups is 1. The molecule has 1 unspecified atom stereocenters. The Kier molecular flexibility index (Phi) is 11.4. The second-order valence-corrected chi connectivity index (χ2v) is 8.57. The van der Waals surface area contributed by atoms with Crippen molar-refractivity contribution in [3.05, 3.63) is 58.9 Å². The summed E-state index contributed by atoms with van der Waals surface area (Å²) in [4.78, 5) is 34.2. The van der Waals surface area contributed by atoms with Crippen molar-refractivity contribution in [2.75, 3.05) is 38.5 Å². The summed E-state index contributed by atoms with van der Waals surface area (Å²) < 4.78 is 29.9. The number of piperidine rings is 1. The Bertz CT molecular complexity index is 1110. The molecule has 0 spiro atoms. The molecule has 5 N–H and O–H groups in total. The molecule has 0 bridgehead atoms. The number of hydrogen-bond acceptors (Lipinski definition) is 9. The Balaban J connectivity index is 1.43. The van der Waals surface area contributed by atoms with Crippen molar-refractivity contribution in [2.24, 2.45) is 0 Å². The number of amides is 2. The predicted octanol–water partition coefficient (Wildman–Crippen LogP) is 1.32. The SMILES string of the molecule is O=C(O)Cc1ccc(F)c(OCCOCCNc2ccc(COCO)c(CNC3CCC(=O)NC3=O)c2)c1. The summed E-state index contributed by atoms with van der Waals surface area (Å²) in [7, 11) is 0. The lowest BCUT2D eigenvalue weighted by Crippen LogP contribution is -2.50. The molecule has 1 fully saturated rings. The van der Waals surface area contributed by atoms with E-state index >= 15 is 0 Å². The molecular weight excluding hydrogens is 501 g/mol. The standard InChI is InChI=1S/C26H32FN3O8/c27-21-4-1-17(12-25(33)34)11-23(21)38-10-9-36-8-7-28-20-3-2-18(15-37-16-31)19(13-20)14-29-22-5-6-24(32)30-26(22)35/h1-4,11,13,22,28-29,31H,5-10,12,14-16H2,(H,33,34)(H,30,32,35). The zero-order chi connectivity index (χ0) is 27.3. The van der Waals surface area contributed by atoms with Crippen LogP contribution in [0.5, 0.6) is 5.75 Å². The van der Waals surface area contributed by atoms with Gasteiger partial charge < -0.3 is 35.1 Å². The maximum atomic E-state index is 13.9. The van der Waals surface area contributed by atoms with E-state index in [0.717, 1.165) is 16.8 Å². The second kappa shape index (κ2) is 15.0. The average molecular weight is 534 g/mol. The molecule has 11 nitrogen and oxygen atoms in total. The van der Waals surface area contributed by atoms with E-state index < -0.39 is 24.6 Å². The van der Waals surface area contributed by atoms with Crippen molar-refractivity contribution in [1.82, 2.24) is 10.6 Å². The molecule has 0 aromatic heterocycles. The second-order valence-electron chi connectivity index (χ2n) is 8.57. The van der Waals surface area contributed by atoms with Crippen molar-refractivity contribution >= 4 is 23.5 Å². The molecule has 1 saturated heterocycles. The first-order chi connectivity index (χ1) is 18.4. The number of hydrogen-bond donors (Lipinski definition) is 5. The van der Waals surface area contributed by atoms with Crippen LogP contribution in [0.3, 0.4) is 0 Å². The Morgan fingerprint density at radius 2 is 1.92 bits per heavy atom. The lowest BCUT2D eigenvalue weighted by Gasteiger charge is -2.23. The van der Waals surface area contributed by atoms with Crippen molar-refractivity contribution in [3.8, 4) is 5.75 Å². The zero-order valence-electron chi connectivity index (χ0n) is 20.8. The van der Waals surface area contributed by atoms with E-state index in [-0.39, 0.29) is 50.2 Å². The summed E-state index contributed by atoms with van der Waals surface area (Å²) in [6.07, 6.45) is 0.484. The van der Waals surface area contributed by atoms with E-state index in [1.165, 1.54) is 18.2 Å². The van der Waals surface area contributed by atoms with Crippen LogP contribution < -0.4 is 20.7 Å². The summed E-state index contributed by atoms with van der Waals surface area (Å²) in [5.74, 6) is -2.22. The van der Waals surface area contributed by atoms with Crippen LogP contribution in [-0.4, -0.2) is 67.2 Å². The fraction of sp³-hybridized carbons (Fsp3) is 0.423. The summed E-state index contributed by atoms with van der Waals surface area (Å²) >= 11 is 0. The fourth-order valence-corrected chi connectivity index (χ4v) is 3.84. The van der Waals surface area contributed by atoms with Gasteiger partial charge in [-0.3, -0.25) is 19.7 Å². The molecule has 1 aliphatic heterocycles. The molecule has 3 rings (SSSR count). The highest BCUT2D eigenvalue weighted by molar-refractivity contribution is 6.00. The molecule has 12 heteroatoms. The van der Waals surface area contributed by atoms with Gasteiger partial charge in [0.05, 0.1) is 32.3 Å². The Labute approximate surface area is 219 Å². The van der Waals surface area contributed by atoms with Crippen LogP contribution in [-0.2, 0) is 43.4 Å². The van der Waals surface area contributed by atoms with Crippen LogP contribution in [0.4, 0.5) is 10.1 Å². The first kappa shape index (κ1) is 29.0. The number of aliphatic hydroxyl groups is 1. The highest BCUT2D eigenvalue weighted by Crippen LogP contribution is 2.20. The monoisotopic (exact) mass is 533 g/mol. The summed E-state index contributed by atoms with van der Waals surface area (Å²) in [6.45, 7) is 1.29. The van der Waals surface area contributed by atoms with Crippen LogP contribution >= 0.6 is 0 Å². The van der Waals surface area contributed by atoms with Gasteiger partial charge in [0.15, 0.2) is 11.6 Å². The molecule has 1 heterocycles. The third-order valence-corrected chi connectivity index (χ3v) is 5.74. The average Bonchev–Trinajstić information content (AvgIpc) is 2.88. The van der Waals surface area contributed by atoms with Crippen molar-refractivity contribution in [2.45, 2.75) is 38.5 Å². The molecule has 0 aliphatic carbocycles. The third-order valence-electron chi connectivity index (χ3n) is 5.74. The number of carbonyl (C=O) groups excluding carboxylic acids is 2. The highest BCUT2D eigenvalue weighted by atomic mass is 19.1. The minimum Gasteiger partial charge on any atom is -0.488 e. The number of rotatable bonds is 16. The van der Waals surface area contributed by atoms with E-state index in [0.29, 0.717) is 31.7 Å². The topological polar surface area (TPSA) is 155 Å². The zero-order valence-corrected chi connectivity index (χ0v) is 20.8. The Hall–Kier alpha value is -3.58. The van der Waals surface area contributed by atoms with E-state index in [1.54, 1.807) is 0 Å². The van der Waals surface area contributed by atoms with Gasteiger partial charge in [-0.2, -0.15) is 0 Å². The van der Waals surface area contributed by atoms with Crippen LogP contribution in [0.25, 0.3) is 0 Å². The largest absolute Gasteiger partial charge is 0.488 e. The van der Waals surface area contributed by atoms with Crippen LogP contribution in [0.1, 0.15) is 29.5 Å². The maximum Gasteiger partial charge on any atom is 0.307 e. The molecule has 2 aromatic carbocycles. The number of aliphatic carboxylic acids is 1. The van der Waals surface area contributed by atoms with Gasteiger partial charge in [-0.25, -0.2) is 4.39 Å². The normalized spacial score (nSPS) is 15.3. The van der Waals surface area contributed by atoms with Gasteiger partial charge in [0.1, 0.15) is 13.4 Å². The molecule has 0 radical (unpaired) electrons. The molecular formula is C26H32FN3O8. The van der Waals surface area contributed by atoms with Gasteiger partial charge in [0, 0.05) is 25.2 Å². The van der Waals surface area contributed by atoms with Crippen LogP contribution in [0, 0.1) is 5.82 Å². The maximum absolute atomic E-state index is 13.9. The van der Waals surface area contributed by atoms with Gasteiger partial charge in [-0.1, -0.05) is 12.1 Å². The Morgan fingerprint density at radius 3 is 2.68 bits per heavy atom. The lowest BCUT2D eigenvalue weighted by atomic mass is 10.0. The summed E-state index contributed by atoms with van der Waals surface area (Å²) in [6, 6.07) is 9.11. The van der Waals surface area contributed by atoms with Gasteiger partial charge in [0.2, 0.25) is 11.8 Å². The van der Waals surface area contributed by atoms with Gasteiger partial charge in [0.25, 0.3) is 0 Å². The van der Waals surface area contributed by atoms with Crippen LogP contribution in [0.15, 0.2) is 36.4 Å². The van der Waals surface area contributed by atoms with Crippen molar-refractivity contribution in [1.29, 1.82) is 0 Å². The first-order valence-electron chi connectivity index (χ1n) is 12.2. The molecule has 1 atom stereocenters.